The Morgan fingerprint density at radius 1 is 1.00 bits per heavy atom. The first-order chi connectivity index (χ1) is 15.0. The number of esters is 1. The first-order valence-electron chi connectivity index (χ1n) is 10.3. The topological polar surface area (TPSA) is 65.3 Å². The van der Waals surface area contributed by atoms with Gasteiger partial charge in [0.25, 0.3) is 5.91 Å². The van der Waals surface area contributed by atoms with Crippen LogP contribution in [0.25, 0.3) is 33.0 Å². The third kappa shape index (κ3) is 2.94. The van der Waals surface area contributed by atoms with Crippen molar-refractivity contribution < 1.29 is 14.3 Å². The number of ether oxygens (including phenoxy) is 1. The van der Waals surface area contributed by atoms with Gasteiger partial charge in [-0.3, -0.25) is 4.79 Å². The monoisotopic (exact) mass is 413 g/mol. The van der Waals surface area contributed by atoms with E-state index in [0.29, 0.717) is 24.3 Å². The number of para-hydroxylation sites is 1. The molecule has 1 aliphatic heterocycles. The second kappa shape index (κ2) is 7.16. The molecule has 31 heavy (non-hydrogen) atoms. The van der Waals surface area contributed by atoms with E-state index in [1.165, 1.54) is 0 Å². The lowest BCUT2D eigenvalue weighted by atomic mass is 9.95. The average molecular weight is 413 g/mol. The fraction of sp³-hybridized carbons (Fsp3) is 0.200. The summed E-state index contributed by atoms with van der Waals surface area (Å²) < 4.78 is 9.18. The van der Waals surface area contributed by atoms with Gasteiger partial charge in [0, 0.05) is 66.0 Å². The van der Waals surface area contributed by atoms with Gasteiger partial charge in [-0.1, -0.05) is 24.3 Å². The van der Waals surface area contributed by atoms with Crippen LogP contribution in [0.2, 0.25) is 0 Å². The van der Waals surface area contributed by atoms with Crippen LogP contribution < -0.4 is 5.32 Å². The van der Waals surface area contributed by atoms with Crippen LogP contribution in [0.3, 0.4) is 0 Å². The molecule has 1 N–H and O–H groups in total. The number of nitrogens with zero attached hydrogens (tertiary/aromatic N) is 2. The van der Waals surface area contributed by atoms with Gasteiger partial charge in [0.15, 0.2) is 0 Å². The Morgan fingerprint density at radius 3 is 2.52 bits per heavy atom. The summed E-state index contributed by atoms with van der Waals surface area (Å²) >= 11 is 0. The van der Waals surface area contributed by atoms with Gasteiger partial charge in [-0.05, 0) is 30.7 Å². The number of rotatable bonds is 4. The van der Waals surface area contributed by atoms with E-state index in [-0.39, 0.29) is 11.9 Å². The van der Waals surface area contributed by atoms with Crippen molar-refractivity contribution in [3.63, 3.8) is 0 Å². The summed E-state index contributed by atoms with van der Waals surface area (Å²) in [5.74, 6) is -0.425. The summed E-state index contributed by atoms with van der Waals surface area (Å²) in [6.07, 6.45) is 4.05. The molecule has 0 saturated carbocycles. The number of benzene rings is 2. The van der Waals surface area contributed by atoms with Gasteiger partial charge >= 0.3 is 5.97 Å². The molecule has 2 aromatic carbocycles. The number of hydrogen-bond acceptors (Lipinski definition) is 3. The summed E-state index contributed by atoms with van der Waals surface area (Å²) in [4.78, 5) is 25.1. The third-order valence-corrected chi connectivity index (χ3v) is 5.95. The number of amides is 1. The van der Waals surface area contributed by atoms with Crippen molar-refractivity contribution in [2.75, 3.05) is 13.2 Å². The number of carbonyl (C=O) groups is 2. The fourth-order valence-electron chi connectivity index (χ4n) is 4.50. The lowest BCUT2D eigenvalue weighted by Crippen LogP contribution is -2.16. The Kier molecular flexibility index (Phi) is 4.43. The van der Waals surface area contributed by atoms with Gasteiger partial charge in [-0.2, -0.15) is 0 Å². The van der Waals surface area contributed by atoms with E-state index in [1.54, 1.807) is 13.0 Å². The molecule has 1 aliphatic rings. The van der Waals surface area contributed by atoms with Crippen LogP contribution in [0.15, 0.2) is 54.9 Å². The highest BCUT2D eigenvalue weighted by Crippen LogP contribution is 2.38. The highest BCUT2D eigenvalue weighted by atomic mass is 16.5. The maximum absolute atomic E-state index is 13.0. The molecule has 0 bridgehead atoms. The zero-order chi connectivity index (χ0) is 21.7. The highest BCUT2D eigenvalue weighted by molar-refractivity contribution is 6.33. The number of aromatic nitrogens is 2. The largest absolute Gasteiger partial charge is 0.462 e. The summed E-state index contributed by atoms with van der Waals surface area (Å²) in [7, 11) is 3.94. The maximum atomic E-state index is 13.0. The third-order valence-electron chi connectivity index (χ3n) is 5.95. The molecule has 0 atom stereocenters. The average Bonchev–Trinajstić information content (AvgIpc) is 3.41. The van der Waals surface area contributed by atoms with Gasteiger partial charge in [0.05, 0.1) is 17.7 Å². The van der Waals surface area contributed by atoms with E-state index in [1.807, 2.05) is 49.1 Å². The van der Waals surface area contributed by atoms with E-state index >= 15 is 0 Å². The molecule has 0 fully saturated rings. The molecular formula is C25H23N3O3. The minimum atomic E-state index is -0.346. The van der Waals surface area contributed by atoms with Gasteiger partial charge in [-0.25, -0.2) is 4.79 Å². The van der Waals surface area contributed by atoms with Crippen molar-refractivity contribution in [3.05, 3.63) is 71.5 Å². The Morgan fingerprint density at radius 2 is 1.71 bits per heavy atom. The highest BCUT2D eigenvalue weighted by Gasteiger charge is 2.29. The van der Waals surface area contributed by atoms with Crippen LogP contribution in [0.1, 0.15) is 28.4 Å². The quantitative estimate of drug-likeness (QED) is 0.516. The van der Waals surface area contributed by atoms with Crippen LogP contribution in [-0.2, 0) is 23.6 Å². The summed E-state index contributed by atoms with van der Waals surface area (Å²) in [5.41, 5.74) is 6.11. The van der Waals surface area contributed by atoms with E-state index < -0.39 is 0 Å². The van der Waals surface area contributed by atoms with E-state index in [4.69, 9.17) is 4.74 Å². The Hall–Kier alpha value is -3.80. The molecule has 0 aliphatic carbocycles. The van der Waals surface area contributed by atoms with E-state index in [9.17, 15) is 9.59 Å². The normalized spacial score (nSPS) is 14.0. The van der Waals surface area contributed by atoms with Gasteiger partial charge in [0.2, 0.25) is 0 Å². The standard InChI is InChI=1S/C25H23N3O3/c1-4-31-25(30)15-9-10-17-20(14-28(3)22(17)11-15)23-18(12-26-24(23)29)19-13-27(2)21-8-6-5-7-16(19)21/h5-11,13-14H,4,12H2,1-3H3,(H,26,29). The molecule has 3 heterocycles. The van der Waals surface area contributed by atoms with Crippen molar-refractivity contribution in [1.29, 1.82) is 0 Å². The molecule has 1 amide bonds. The second-order valence-electron chi connectivity index (χ2n) is 7.81. The molecule has 0 unspecified atom stereocenters. The first-order valence-corrected chi connectivity index (χ1v) is 10.3. The second-order valence-corrected chi connectivity index (χ2v) is 7.81. The Bertz CT molecular complexity index is 1400. The zero-order valence-corrected chi connectivity index (χ0v) is 17.7. The number of nitrogens with one attached hydrogen (secondary N) is 1. The van der Waals surface area contributed by atoms with Gasteiger partial charge in [0.1, 0.15) is 0 Å². The minimum absolute atomic E-state index is 0.0788. The summed E-state index contributed by atoms with van der Waals surface area (Å²) in [6.45, 7) is 2.60. The predicted molar refractivity (Wildman–Crippen MR) is 122 cm³/mol. The van der Waals surface area contributed by atoms with Crippen LogP contribution in [0.4, 0.5) is 0 Å². The number of carbonyl (C=O) groups excluding carboxylic acids is 2. The summed E-state index contributed by atoms with van der Waals surface area (Å²) in [6, 6.07) is 13.7. The fourth-order valence-corrected chi connectivity index (χ4v) is 4.50. The van der Waals surface area contributed by atoms with Crippen molar-refractivity contribution in [1.82, 2.24) is 14.5 Å². The van der Waals surface area contributed by atoms with Crippen LogP contribution in [0.5, 0.6) is 0 Å². The van der Waals surface area contributed by atoms with Gasteiger partial charge < -0.3 is 19.2 Å². The van der Waals surface area contributed by atoms with Crippen molar-refractivity contribution >= 4 is 44.8 Å². The van der Waals surface area contributed by atoms with Crippen LogP contribution >= 0.6 is 0 Å². The minimum Gasteiger partial charge on any atom is -0.462 e. The van der Waals surface area contributed by atoms with Crippen molar-refractivity contribution in [2.24, 2.45) is 14.1 Å². The Balaban J connectivity index is 1.72. The first kappa shape index (κ1) is 19.2. The molecule has 2 aromatic heterocycles. The molecule has 6 heteroatoms. The van der Waals surface area contributed by atoms with Crippen LogP contribution in [-0.4, -0.2) is 34.2 Å². The molecule has 0 saturated heterocycles. The van der Waals surface area contributed by atoms with Crippen molar-refractivity contribution in [2.45, 2.75) is 6.92 Å². The Labute approximate surface area is 179 Å². The number of fused-ring (bicyclic) bond motifs is 2. The number of hydrogen-bond donors (Lipinski definition) is 1. The lowest BCUT2D eigenvalue weighted by Gasteiger charge is -2.05. The molecular weight excluding hydrogens is 390 g/mol. The molecule has 156 valence electrons. The van der Waals surface area contributed by atoms with Crippen LogP contribution in [0, 0.1) is 0 Å². The maximum Gasteiger partial charge on any atom is 0.338 e. The molecule has 4 aromatic rings. The van der Waals surface area contributed by atoms with E-state index in [0.717, 1.165) is 38.5 Å². The SMILES string of the molecule is CCOC(=O)c1ccc2c(C3=C(c4cn(C)c5ccccc45)CNC3=O)cn(C)c2c1. The van der Waals surface area contributed by atoms with E-state index in [2.05, 4.69) is 28.2 Å². The smallest absolute Gasteiger partial charge is 0.338 e. The molecule has 5 rings (SSSR count). The number of aryl methyl sites for hydroxylation is 2. The molecule has 0 radical (unpaired) electrons. The van der Waals surface area contributed by atoms with Gasteiger partial charge in [-0.15, -0.1) is 0 Å². The van der Waals surface area contributed by atoms with Crippen molar-refractivity contribution in [3.8, 4) is 0 Å². The predicted octanol–water partition coefficient (Wildman–Crippen LogP) is 3.89. The lowest BCUT2D eigenvalue weighted by molar-refractivity contribution is -0.114. The molecule has 6 nitrogen and oxygen atoms in total. The zero-order valence-electron chi connectivity index (χ0n) is 17.7. The molecule has 0 spiro atoms. The summed E-state index contributed by atoms with van der Waals surface area (Å²) in [5, 5.41) is 5.06.